The first-order valence-electron chi connectivity index (χ1n) is 9.33. The Morgan fingerprint density at radius 1 is 1.08 bits per heavy atom. The molecule has 1 aliphatic carbocycles. The molecule has 1 amide bonds. The second-order valence-corrected chi connectivity index (χ2v) is 7.01. The van der Waals surface area contributed by atoms with Crippen molar-refractivity contribution in [3.63, 3.8) is 0 Å². The van der Waals surface area contributed by atoms with Crippen LogP contribution < -0.4 is 0 Å². The highest BCUT2D eigenvalue weighted by Gasteiger charge is 2.28. The summed E-state index contributed by atoms with van der Waals surface area (Å²) >= 11 is 0. The highest BCUT2D eigenvalue weighted by molar-refractivity contribution is 5.77. The number of carbonyl (C=O) groups excluding carboxylic acids is 2. The molecule has 0 N–H and O–H groups in total. The molecule has 5 nitrogen and oxygen atoms in total. The molecule has 1 aliphatic heterocycles. The minimum Gasteiger partial charge on any atom is -0.469 e. The molecule has 2 aliphatic rings. The predicted molar refractivity (Wildman–Crippen MR) is 96.3 cm³/mol. The van der Waals surface area contributed by atoms with Gasteiger partial charge in [0.1, 0.15) is 0 Å². The van der Waals surface area contributed by atoms with E-state index in [1.807, 2.05) is 4.90 Å². The van der Waals surface area contributed by atoms with Gasteiger partial charge in [-0.15, -0.1) is 0 Å². The Morgan fingerprint density at radius 3 is 2.52 bits per heavy atom. The summed E-state index contributed by atoms with van der Waals surface area (Å²) in [5, 5.41) is 0. The Balaban J connectivity index is 1.43. The Labute approximate surface area is 149 Å². The average Bonchev–Trinajstić information content (AvgIpc) is 2.67. The zero-order chi connectivity index (χ0) is 17.6. The minimum absolute atomic E-state index is 0.164. The van der Waals surface area contributed by atoms with Crippen molar-refractivity contribution in [1.29, 1.82) is 0 Å². The summed E-state index contributed by atoms with van der Waals surface area (Å²) in [6.45, 7) is 3.51. The number of rotatable bonds is 5. The molecule has 1 aromatic rings. The van der Waals surface area contributed by atoms with E-state index < -0.39 is 0 Å². The Bertz CT molecular complexity index is 609. The van der Waals surface area contributed by atoms with Crippen molar-refractivity contribution in [3.05, 3.63) is 35.4 Å². The lowest BCUT2D eigenvalue weighted by atomic mass is 9.87. The molecule has 5 heteroatoms. The largest absolute Gasteiger partial charge is 0.469 e. The van der Waals surface area contributed by atoms with Gasteiger partial charge in [0, 0.05) is 45.1 Å². The third-order valence-electron chi connectivity index (χ3n) is 5.50. The highest BCUT2D eigenvalue weighted by Crippen LogP contribution is 2.25. The summed E-state index contributed by atoms with van der Waals surface area (Å²) in [5.74, 6) is -0.0762. The average molecular weight is 344 g/mol. The van der Waals surface area contributed by atoms with Crippen LogP contribution in [0.2, 0.25) is 0 Å². The Morgan fingerprint density at radius 2 is 1.80 bits per heavy atom. The highest BCUT2D eigenvalue weighted by atomic mass is 16.5. The standard InChI is InChI=1S/C20H28N2O3/c1-25-20(24)8-4-7-19(23)22-13-11-21(12-14-22)18-10-9-16-5-2-3-6-17(16)15-18/h2-3,5-6,18H,4,7-15H2,1H3. The smallest absolute Gasteiger partial charge is 0.305 e. The topological polar surface area (TPSA) is 49.9 Å². The summed E-state index contributed by atoms with van der Waals surface area (Å²) < 4.78 is 4.61. The second-order valence-electron chi connectivity index (χ2n) is 7.01. The van der Waals surface area contributed by atoms with Gasteiger partial charge in [-0.05, 0) is 36.8 Å². The lowest BCUT2D eigenvalue weighted by Gasteiger charge is -2.41. The van der Waals surface area contributed by atoms with Crippen molar-refractivity contribution in [2.75, 3.05) is 33.3 Å². The van der Waals surface area contributed by atoms with Crippen LogP contribution in [0, 0.1) is 0 Å². The third-order valence-corrected chi connectivity index (χ3v) is 5.50. The molecule has 1 saturated heterocycles. The number of esters is 1. The molecular weight excluding hydrogens is 316 g/mol. The molecule has 0 aromatic heterocycles. The fourth-order valence-electron chi connectivity index (χ4n) is 3.97. The van der Waals surface area contributed by atoms with Crippen molar-refractivity contribution in [1.82, 2.24) is 9.80 Å². The van der Waals surface area contributed by atoms with Gasteiger partial charge in [0.2, 0.25) is 5.91 Å². The van der Waals surface area contributed by atoms with Gasteiger partial charge in [-0.2, -0.15) is 0 Å². The first-order valence-corrected chi connectivity index (χ1v) is 9.33. The van der Waals surface area contributed by atoms with Gasteiger partial charge in [0.25, 0.3) is 0 Å². The number of amides is 1. The van der Waals surface area contributed by atoms with Gasteiger partial charge < -0.3 is 9.64 Å². The van der Waals surface area contributed by atoms with E-state index in [1.165, 1.54) is 24.7 Å². The van der Waals surface area contributed by atoms with Crippen LogP contribution in [-0.2, 0) is 27.2 Å². The molecule has 0 spiro atoms. The van der Waals surface area contributed by atoms with E-state index in [-0.39, 0.29) is 11.9 Å². The SMILES string of the molecule is COC(=O)CCCC(=O)N1CCN(C2CCc3ccccc3C2)CC1. The maximum Gasteiger partial charge on any atom is 0.305 e. The number of ether oxygens (including phenoxy) is 1. The zero-order valence-electron chi connectivity index (χ0n) is 15.1. The monoisotopic (exact) mass is 344 g/mol. The molecule has 1 heterocycles. The van der Waals surface area contributed by atoms with E-state index in [0.717, 1.165) is 39.0 Å². The van der Waals surface area contributed by atoms with E-state index in [2.05, 4.69) is 33.9 Å². The maximum absolute atomic E-state index is 12.3. The fraction of sp³-hybridized carbons (Fsp3) is 0.600. The first kappa shape index (κ1) is 17.9. The maximum atomic E-state index is 12.3. The van der Waals surface area contributed by atoms with Crippen molar-refractivity contribution >= 4 is 11.9 Å². The number of piperazine rings is 1. The third kappa shape index (κ3) is 4.60. The van der Waals surface area contributed by atoms with Crippen LogP contribution in [0.4, 0.5) is 0 Å². The van der Waals surface area contributed by atoms with Crippen LogP contribution in [0.3, 0.4) is 0 Å². The number of methoxy groups -OCH3 is 1. The molecule has 1 atom stereocenters. The van der Waals surface area contributed by atoms with E-state index in [4.69, 9.17) is 0 Å². The number of nitrogens with zero attached hydrogens (tertiary/aromatic N) is 2. The molecule has 3 rings (SSSR count). The molecule has 136 valence electrons. The molecule has 25 heavy (non-hydrogen) atoms. The van der Waals surface area contributed by atoms with Gasteiger partial charge in [-0.1, -0.05) is 24.3 Å². The molecule has 1 fully saturated rings. The lowest BCUT2D eigenvalue weighted by molar-refractivity contribution is -0.141. The molecule has 0 saturated carbocycles. The van der Waals surface area contributed by atoms with E-state index in [0.29, 0.717) is 25.3 Å². The van der Waals surface area contributed by atoms with E-state index in [1.54, 1.807) is 0 Å². The van der Waals surface area contributed by atoms with Crippen LogP contribution in [0.1, 0.15) is 36.8 Å². The Kier molecular flexibility index (Phi) is 6.08. The van der Waals surface area contributed by atoms with Crippen molar-refractivity contribution < 1.29 is 14.3 Å². The van der Waals surface area contributed by atoms with Gasteiger partial charge in [-0.25, -0.2) is 0 Å². The molecule has 0 bridgehead atoms. The van der Waals surface area contributed by atoms with Gasteiger partial charge >= 0.3 is 5.97 Å². The van der Waals surface area contributed by atoms with Crippen LogP contribution in [0.25, 0.3) is 0 Å². The summed E-state index contributed by atoms with van der Waals surface area (Å²) in [6.07, 6.45) is 4.83. The van der Waals surface area contributed by atoms with Gasteiger partial charge in [-0.3, -0.25) is 14.5 Å². The number of hydrogen-bond donors (Lipinski definition) is 0. The van der Waals surface area contributed by atoms with Crippen LogP contribution in [-0.4, -0.2) is 61.0 Å². The lowest BCUT2D eigenvalue weighted by Crippen LogP contribution is -2.53. The summed E-state index contributed by atoms with van der Waals surface area (Å²) in [5.41, 5.74) is 2.98. The second kappa shape index (κ2) is 8.48. The number of hydrogen-bond acceptors (Lipinski definition) is 4. The number of aryl methyl sites for hydroxylation is 1. The molecule has 1 unspecified atom stereocenters. The Hall–Kier alpha value is -1.88. The number of carbonyl (C=O) groups is 2. The van der Waals surface area contributed by atoms with Crippen LogP contribution >= 0.6 is 0 Å². The molecular formula is C20H28N2O3. The molecule has 1 aromatic carbocycles. The normalized spacial score (nSPS) is 20.8. The van der Waals surface area contributed by atoms with Gasteiger partial charge in [0.05, 0.1) is 7.11 Å². The number of benzene rings is 1. The zero-order valence-corrected chi connectivity index (χ0v) is 15.1. The van der Waals surface area contributed by atoms with Crippen molar-refractivity contribution in [2.45, 2.75) is 44.6 Å². The van der Waals surface area contributed by atoms with Crippen LogP contribution in [0.15, 0.2) is 24.3 Å². The predicted octanol–water partition coefficient (Wildman–Crippen LogP) is 2.03. The van der Waals surface area contributed by atoms with Gasteiger partial charge in [0.15, 0.2) is 0 Å². The first-order chi connectivity index (χ1) is 12.2. The van der Waals surface area contributed by atoms with Crippen molar-refractivity contribution in [3.8, 4) is 0 Å². The quantitative estimate of drug-likeness (QED) is 0.767. The summed E-state index contributed by atoms with van der Waals surface area (Å²) in [4.78, 5) is 27.9. The van der Waals surface area contributed by atoms with E-state index in [9.17, 15) is 9.59 Å². The van der Waals surface area contributed by atoms with Crippen molar-refractivity contribution in [2.24, 2.45) is 0 Å². The number of fused-ring (bicyclic) bond motifs is 1. The summed E-state index contributed by atoms with van der Waals surface area (Å²) in [7, 11) is 1.38. The fourth-order valence-corrected chi connectivity index (χ4v) is 3.97. The van der Waals surface area contributed by atoms with E-state index >= 15 is 0 Å². The molecule has 0 radical (unpaired) electrons. The van der Waals surface area contributed by atoms with Crippen LogP contribution in [0.5, 0.6) is 0 Å². The minimum atomic E-state index is -0.241. The summed E-state index contributed by atoms with van der Waals surface area (Å²) in [6, 6.07) is 9.36.